The van der Waals surface area contributed by atoms with Crippen molar-refractivity contribution in [3.8, 4) is 11.8 Å². The molecule has 2 heterocycles. The van der Waals surface area contributed by atoms with Crippen molar-refractivity contribution < 1.29 is 19.8 Å². The van der Waals surface area contributed by atoms with Gasteiger partial charge in [-0.15, -0.1) is 4.73 Å². The minimum atomic E-state index is -0.513. The van der Waals surface area contributed by atoms with Gasteiger partial charge in [0.2, 0.25) is 11.8 Å². The molecule has 0 aromatic carbocycles. The summed E-state index contributed by atoms with van der Waals surface area (Å²) in [5, 5.41) is 18.7. The van der Waals surface area contributed by atoms with Gasteiger partial charge in [-0.25, -0.2) is 4.79 Å². The van der Waals surface area contributed by atoms with Crippen molar-refractivity contribution in [1.29, 1.82) is 0 Å². The fourth-order valence-corrected chi connectivity index (χ4v) is 1.81. The fourth-order valence-electron chi connectivity index (χ4n) is 1.81. The van der Waals surface area contributed by atoms with Crippen LogP contribution in [-0.2, 0) is 4.79 Å². The highest BCUT2D eigenvalue weighted by atomic mass is 18.5. The molecular formula is C11H17N3O4. The molecular weight excluding hydrogens is 244 g/mol. The molecule has 7 nitrogen and oxygen atoms in total. The molecule has 0 radical (unpaired) electrons. The number of piperazine rings is 1. The average molecular weight is 261 g/mol. The monoisotopic (exact) mass is 261 g/mol. The van der Waals surface area contributed by atoms with Crippen LogP contribution in [0.25, 0.3) is 0 Å². The van der Waals surface area contributed by atoms with Crippen LogP contribution in [0.5, 0.6) is 11.8 Å². The smallest absolute Gasteiger partial charge is 0.347 e. The van der Waals surface area contributed by atoms with Gasteiger partial charge in [-0.3, -0.25) is 4.90 Å². The number of nitrogens with zero attached hydrogens (tertiary/aromatic N) is 3. The van der Waals surface area contributed by atoms with Gasteiger partial charge in [0.05, 0.1) is 6.54 Å². The van der Waals surface area contributed by atoms with Crippen LogP contribution in [0.2, 0.25) is 0 Å². The fraction of sp³-hybridized carbons (Fsp3) is 0.545. The highest BCUT2D eigenvalue weighted by Crippen LogP contribution is 2.18. The Bertz CT molecular complexity index is 404. The molecule has 0 saturated carbocycles. The summed E-state index contributed by atoms with van der Waals surface area (Å²) < 4.78 is 0.707. The van der Waals surface area contributed by atoms with Crippen molar-refractivity contribution in [2.45, 2.75) is 0 Å². The van der Waals surface area contributed by atoms with Gasteiger partial charge >= 0.3 is 5.97 Å². The Labute approximate surface area is 105 Å². The van der Waals surface area contributed by atoms with Crippen LogP contribution >= 0.6 is 0 Å². The first kappa shape index (κ1) is 12.7. The summed E-state index contributed by atoms with van der Waals surface area (Å²) in [4.78, 5) is 20.7. The molecule has 1 aliphatic heterocycles. The second kappa shape index (κ2) is 5.28. The zero-order valence-corrected chi connectivity index (χ0v) is 10.2. The van der Waals surface area contributed by atoms with Crippen molar-refractivity contribution in [3.05, 3.63) is 12.1 Å². The van der Waals surface area contributed by atoms with Crippen LogP contribution in [0.4, 0.5) is 0 Å². The maximum absolute atomic E-state index is 11.6. The molecule has 0 spiro atoms. The van der Waals surface area contributed by atoms with E-state index in [0.717, 1.165) is 26.2 Å². The molecule has 0 bridgehead atoms. The van der Waals surface area contributed by atoms with Gasteiger partial charge in [0.25, 0.3) is 0 Å². The third kappa shape index (κ3) is 2.93. The van der Waals surface area contributed by atoms with Gasteiger partial charge in [0.15, 0.2) is 0 Å². The highest BCUT2D eigenvalue weighted by Gasteiger charge is 2.19. The maximum atomic E-state index is 11.6. The Morgan fingerprint density at radius 3 is 2.33 bits per heavy atom. The lowest BCUT2D eigenvalue weighted by molar-refractivity contribution is -0.147. The minimum Gasteiger partial charge on any atom is -0.492 e. The van der Waals surface area contributed by atoms with Crippen molar-refractivity contribution >= 4 is 5.97 Å². The van der Waals surface area contributed by atoms with E-state index in [1.54, 1.807) is 0 Å². The van der Waals surface area contributed by atoms with Crippen LogP contribution < -0.4 is 4.84 Å². The van der Waals surface area contributed by atoms with Crippen LogP contribution in [0.1, 0.15) is 0 Å². The maximum Gasteiger partial charge on any atom is 0.347 e. The molecule has 0 amide bonds. The second-order valence-electron chi connectivity index (χ2n) is 4.39. The summed E-state index contributed by atoms with van der Waals surface area (Å²) in [6.07, 6.45) is 0. The zero-order valence-electron chi connectivity index (χ0n) is 10.2. The van der Waals surface area contributed by atoms with Crippen molar-refractivity contribution in [2.24, 2.45) is 0 Å². The lowest BCUT2D eigenvalue weighted by Gasteiger charge is -2.31. The molecule has 2 N–H and O–H groups in total. The molecule has 100 valence electrons. The van der Waals surface area contributed by atoms with E-state index in [2.05, 4.69) is 4.90 Å². The minimum absolute atomic E-state index is 0.144. The number of aromatic hydroxyl groups is 2. The molecule has 7 heteroatoms. The first-order chi connectivity index (χ1) is 8.56. The Morgan fingerprint density at radius 2 is 1.78 bits per heavy atom. The molecule has 1 fully saturated rings. The van der Waals surface area contributed by atoms with E-state index in [0.29, 0.717) is 4.73 Å². The van der Waals surface area contributed by atoms with Crippen molar-refractivity contribution in [1.82, 2.24) is 14.5 Å². The number of hydrogen-bond donors (Lipinski definition) is 2. The largest absolute Gasteiger partial charge is 0.492 e. The number of hydrogen-bond acceptors (Lipinski definition) is 6. The second-order valence-corrected chi connectivity index (χ2v) is 4.39. The van der Waals surface area contributed by atoms with Gasteiger partial charge in [-0.1, -0.05) is 0 Å². The topological polar surface area (TPSA) is 78.2 Å². The van der Waals surface area contributed by atoms with E-state index in [-0.39, 0.29) is 18.3 Å². The van der Waals surface area contributed by atoms with E-state index >= 15 is 0 Å². The molecule has 1 aromatic heterocycles. The summed E-state index contributed by atoms with van der Waals surface area (Å²) in [7, 11) is 2.03. The van der Waals surface area contributed by atoms with Crippen LogP contribution in [0.15, 0.2) is 12.1 Å². The molecule has 0 unspecified atom stereocenters. The van der Waals surface area contributed by atoms with Crippen LogP contribution in [0, 0.1) is 0 Å². The van der Waals surface area contributed by atoms with E-state index in [9.17, 15) is 15.0 Å². The van der Waals surface area contributed by atoms with Gasteiger partial charge < -0.3 is 20.0 Å². The summed E-state index contributed by atoms with van der Waals surface area (Å²) in [6.45, 7) is 3.57. The van der Waals surface area contributed by atoms with E-state index < -0.39 is 5.97 Å². The van der Waals surface area contributed by atoms with Crippen molar-refractivity contribution in [3.63, 3.8) is 0 Å². The molecule has 1 saturated heterocycles. The number of carbonyl (C=O) groups is 1. The summed E-state index contributed by atoms with van der Waals surface area (Å²) in [6, 6.07) is 2.50. The van der Waals surface area contributed by atoms with Gasteiger partial charge in [0.1, 0.15) is 0 Å². The first-order valence-corrected chi connectivity index (χ1v) is 5.78. The predicted octanol–water partition coefficient (Wildman–Crippen LogP) is -0.898. The molecule has 0 atom stereocenters. The van der Waals surface area contributed by atoms with Crippen LogP contribution in [-0.4, -0.2) is 70.5 Å². The quantitative estimate of drug-likeness (QED) is 0.542. The number of likely N-dealkylation sites (N-methyl/N-ethyl adjacent to an activating group) is 1. The van der Waals surface area contributed by atoms with Crippen molar-refractivity contribution in [2.75, 3.05) is 39.8 Å². The summed E-state index contributed by atoms with van der Waals surface area (Å²) in [5.74, 6) is -1.13. The molecule has 1 aliphatic rings. The molecule has 18 heavy (non-hydrogen) atoms. The van der Waals surface area contributed by atoms with Gasteiger partial charge in [-0.05, 0) is 7.05 Å². The Balaban J connectivity index is 1.86. The zero-order chi connectivity index (χ0) is 13.1. The summed E-state index contributed by atoms with van der Waals surface area (Å²) >= 11 is 0. The van der Waals surface area contributed by atoms with E-state index in [1.165, 1.54) is 12.1 Å². The first-order valence-electron chi connectivity index (χ1n) is 5.78. The standard InChI is InChI=1S/C11H17N3O4/c1-12-4-6-13(7-5-12)8-11(17)18-14-9(15)2-3-10(14)16/h2-3,15-16H,4-8H2,1H3/i8+1,11+1,17+2,18+2. The van der Waals surface area contributed by atoms with Gasteiger partial charge in [0, 0.05) is 38.3 Å². The molecule has 2 rings (SSSR count). The molecule has 0 aliphatic carbocycles. The third-order valence-corrected chi connectivity index (χ3v) is 2.94. The Hall–Kier alpha value is -1.73. The number of rotatable bonds is 3. The van der Waals surface area contributed by atoms with Gasteiger partial charge in [-0.2, -0.15) is 0 Å². The summed E-state index contributed by atoms with van der Waals surface area (Å²) in [5.41, 5.74) is 0. The van der Waals surface area contributed by atoms with E-state index in [1.807, 2.05) is 11.9 Å². The number of aromatic nitrogens is 1. The lowest BCUT2D eigenvalue weighted by atomic mass is 10.4. The Kier molecular flexibility index (Phi) is 3.73. The highest BCUT2D eigenvalue weighted by molar-refractivity contribution is 5.72. The average Bonchev–Trinajstić information content (AvgIpc) is 2.64. The third-order valence-electron chi connectivity index (χ3n) is 2.94. The Morgan fingerprint density at radius 1 is 1.22 bits per heavy atom. The van der Waals surface area contributed by atoms with Crippen LogP contribution in [0.3, 0.4) is 0 Å². The van der Waals surface area contributed by atoms with E-state index in [4.69, 9.17) is 4.84 Å². The normalized spacial score (nSPS) is 17.8. The number of carbonyl (C=O) groups excluding carboxylic acids is 1. The SMILES string of the molecule is CN1CCN([13CH2][13C](=[18O])[18O]n2c(O)ccc2O)CC1. The molecule has 1 aromatic rings. The lowest BCUT2D eigenvalue weighted by Crippen LogP contribution is -2.47. The predicted molar refractivity (Wildman–Crippen MR) is 63.3 cm³/mol.